The predicted molar refractivity (Wildman–Crippen MR) is 100 cm³/mol. The third-order valence-electron chi connectivity index (χ3n) is 3.92. The average Bonchev–Trinajstić information content (AvgIpc) is 3.06. The molecule has 0 bridgehead atoms. The normalized spacial score (nSPS) is 11.2. The highest BCUT2D eigenvalue weighted by Gasteiger charge is 2.16. The first kappa shape index (κ1) is 17.8. The van der Waals surface area contributed by atoms with E-state index in [1.165, 1.54) is 0 Å². The molecule has 2 aromatic heterocycles. The van der Waals surface area contributed by atoms with Gasteiger partial charge in [-0.25, -0.2) is 9.97 Å². The lowest BCUT2D eigenvalue weighted by Gasteiger charge is -2.09. The summed E-state index contributed by atoms with van der Waals surface area (Å²) in [5.41, 5.74) is 3.79. The molecule has 7 nitrogen and oxygen atoms in total. The molecule has 0 spiro atoms. The molecule has 7 heteroatoms. The highest BCUT2D eigenvalue weighted by atomic mass is 16.4. The number of rotatable bonds is 5. The van der Waals surface area contributed by atoms with Crippen LogP contribution in [-0.4, -0.2) is 31.3 Å². The molecule has 0 aliphatic carbocycles. The van der Waals surface area contributed by atoms with Crippen LogP contribution >= 0.6 is 0 Å². The van der Waals surface area contributed by atoms with Crippen molar-refractivity contribution >= 4 is 5.95 Å². The van der Waals surface area contributed by atoms with Crippen LogP contribution < -0.4 is 5.32 Å². The van der Waals surface area contributed by atoms with E-state index in [1.54, 1.807) is 0 Å². The summed E-state index contributed by atoms with van der Waals surface area (Å²) in [5, 5.41) is 21.6. The molecule has 0 radical (unpaired) electrons. The third-order valence-corrected chi connectivity index (χ3v) is 3.92. The summed E-state index contributed by atoms with van der Waals surface area (Å²) in [6.07, 6.45) is 0.719. The van der Waals surface area contributed by atoms with Crippen molar-refractivity contribution < 1.29 is 9.52 Å². The quantitative estimate of drug-likeness (QED) is 0.718. The molecule has 2 heterocycles. The minimum atomic E-state index is 0.218. The molecule has 0 atom stereocenters. The summed E-state index contributed by atoms with van der Waals surface area (Å²) in [7, 11) is 0. The maximum Gasteiger partial charge on any atom is 0.266 e. The van der Waals surface area contributed by atoms with E-state index in [0.717, 1.165) is 28.8 Å². The van der Waals surface area contributed by atoms with Crippen LogP contribution in [0.5, 0.6) is 5.75 Å². The Morgan fingerprint density at radius 2 is 1.81 bits per heavy atom. The zero-order valence-corrected chi connectivity index (χ0v) is 15.7. The maximum atomic E-state index is 10.1. The number of phenols is 1. The molecule has 0 amide bonds. The summed E-state index contributed by atoms with van der Waals surface area (Å²) in [6.45, 7) is 9.78. The Kier molecular flexibility index (Phi) is 4.88. The molecular formula is C19H23N5O2. The van der Waals surface area contributed by atoms with Crippen molar-refractivity contribution in [3.8, 4) is 28.8 Å². The van der Waals surface area contributed by atoms with Crippen LogP contribution in [0.4, 0.5) is 5.95 Å². The van der Waals surface area contributed by atoms with E-state index < -0.39 is 0 Å². The van der Waals surface area contributed by atoms with Crippen molar-refractivity contribution in [3.05, 3.63) is 35.0 Å². The predicted octanol–water partition coefficient (Wildman–Crippen LogP) is 3.90. The number of phenolic OH excluding ortho intramolecular Hbond substituents is 1. The van der Waals surface area contributed by atoms with Gasteiger partial charge in [0.15, 0.2) is 0 Å². The van der Waals surface area contributed by atoms with Gasteiger partial charge < -0.3 is 14.8 Å². The number of nitrogens with zero attached hydrogens (tertiary/aromatic N) is 4. The Hall–Kier alpha value is -2.96. The molecule has 0 unspecified atom stereocenters. The number of hydrogen-bond acceptors (Lipinski definition) is 7. The zero-order valence-electron chi connectivity index (χ0n) is 15.7. The van der Waals surface area contributed by atoms with Gasteiger partial charge in [0.2, 0.25) is 11.8 Å². The second-order valence-electron chi connectivity index (χ2n) is 6.58. The first-order valence-corrected chi connectivity index (χ1v) is 8.66. The molecule has 0 aliphatic heterocycles. The molecule has 0 fully saturated rings. The Balaban J connectivity index is 1.98. The van der Waals surface area contributed by atoms with Gasteiger partial charge in [0.05, 0.1) is 0 Å². The van der Waals surface area contributed by atoms with Crippen LogP contribution in [0.15, 0.2) is 22.6 Å². The van der Waals surface area contributed by atoms with E-state index in [1.807, 2.05) is 52.8 Å². The van der Waals surface area contributed by atoms with Gasteiger partial charge in [-0.15, -0.1) is 10.2 Å². The molecule has 3 rings (SSSR count). The average molecular weight is 353 g/mol. The fourth-order valence-corrected chi connectivity index (χ4v) is 2.69. The van der Waals surface area contributed by atoms with E-state index >= 15 is 0 Å². The topological polar surface area (TPSA) is 97.0 Å². The molecule has 26 heavy (non-hydrogen) atoms. The Bertz CT molecular complexity index is 934. The van der Waals surface area contributed by atoms with Crippen molar-refractivity contribution in [1.82, 2.24) is 20.2 Å². The van der Waals surface area contributed by atoms with Gasteiger partial charge in [-0.3, -0.25) is 0 Å². The lowest BCUT2D eigenvalue weighted by Crippen LogP contribution is -2.13. The lowest BCUT2D eigenvalue weighted by atomic mass is 10.0. The van der Waals surface area contributed by atoms with Crippen LogP contribution in [0.25, 0.3) is 23.0 Å². The molecule has 0 saturated heterocycles. The number of aromatic hydroxyl groups is 1. The van der Waals surface area contributed by atoms with Crippen LogP contribution in [0.3, 0.4) is 0 Å². The smallest absolute Gasteiger partial charge is 0.266 e. The number of benzene rings is 1. The largest absolute Gasteiger partial charge is 0.507 e. The van der Waals surface area contributed by atoms with Gasteiger partial charge in [0.1, 0.15) is 11.4 Å². The third kappa shape index (κ3) is 3.66. The molecule has 2 N–H and O–H groups in total. The van der Waals surface area contributed by atoms with E-state index in [4.69, 9.17) is 4.42 Å². The lowest BCUT2D eigenvalue weighted by molar-refractivity contribution is 0.464. The van der Waals surface area contributed by atoms with E-state index in [9.17, 15) is 5.11 Å². The van der Waals surface area contributed by atoms with Crippen LogP contribution in [0.2, 0.25) is 0 Å². The summed E-state index contributed by atoms with van der Waals surface area (Å²) >= 11 is 0. The van der Waals surface area contributed by atoms with Crippen LogP contribution in [-0.2, 0) is 6.42 Å². The molecule has 3 aromatic rings. The molecule has 1 aromatic carbocycles. The van der Waals surface area contributed by atoms with Gasteiger partial charge in [0, 0.05) is 17.3 Å². The summed E-state index contributed by atoms with van der Waals surface area (Å²) in [4.78, 5) is 8.83. The van der Waals surface area contributed by atoms with Gasteiger partial charge in [-0.05, 0) is 63.4 Å². The van der Waals surface area contributed by atoms with E-state index in [-0.39, 0.29) is 6.04 Å². The van der Waals surface area contributed by atoms with Crippen molar-refractivity contribution in [2.24, 2.45) is 0 Å². The monoisotopic (exact) mass is 353 g/mol. The summed E-state index contributed by atoms with van der Waals surface area (Å²) in [5.74, 6) is 1.57. The molecule has 0 saturated carbocycles. The van der Waals surface area contributed by atoms with Gasteiger partial charge in [0.25, 0.3) is 5.89 Å². The standard InChI is InChI=1S/C19H23N5O2/c1-6-13-9-14(7-11(4)16(13)25)17-23-24-18(26-17)15-8-12(5)21-19(22-15)20-10(2)3/h7-10,25H,6H2,1-5H3,(H,20,21,22). The Labute approximate surface area is 152 Å². The second kappa shape index (κ2) is 7.11. The number of aryl methyl sites for hydroxylation is 3. The van der Waals surface area contributed by atoms with Gasteiger partial charge >= 0.3 is 0 Å². The number of nitrogens with one attached hydrogen (secondary N) is 1. The minimum Gasteiger partial charge on any atom is -0.507 e. The number of anilines is 1. The van der Waals surface area contributed by atoms with Gasteiger partial charge in [-0.2, -0.15) is 0 Å². The number of aromatic nitrogens is 4. The van der Waals surface area contributed by atoms with Crippen molar-refractivity contribution in [3.63, 3.8) is 0 Å². The molecular weight excluding hydrogens is 330 g/mol. The minimum absolute atomic E-state index is 0.218. The number of hydrogen-bond donors (Lipinski definition) is 2. The van der Waals surface area contributed by atoms with Crippen molar-refractivity contribution in [2.75, 3.05) is 5.32 Å². The molecule has 0 aliphatic rings. The molecule has 136 valence electrons. The van der Waals surface area contributed by atoms with Crippen LogP contribution in [0.1, 0.15) is 37.6 Å². The van der Waals surface area contributed by atoms with Crippen molar-refractivity contribution in [2.45, 2.75) is 47.1 Å². The fourth-order valence-electron chi connectivity index (χ4n) is 2.69. The Morgan fingerprint density at radius 3 is 2.50 bits per heavy atom. The maximum absolute atomic E-state index is 10.1. The summed E-state index contributed by atoms with van der Waals surface area (Å²) in [6, 6.07) is 5.73. The highest BCUT2D eigenvalue weighted by Crippen LogP contribution is 2.30. The first-order valence-electron chi connectivity index (χ1n) is 8.66. The highest BCUT2D eigenvalue weighted by molar-refractivity contribution is 5.61. The SMILES string of the molecule is CCc1cc(-c2nnc(-c3cc(C)nc(NC(C)C)n3)o2)cc(C)c1O. The zero-order chi connectivity index (χ0) is 18.8. The van der Waals surface area contributed by atoms with E-state index in [0.29, 0.717) is 29.2 Å². The van der Waals surface area contributed by atoms with Crippen LogP contribution in [0, 0.1) is 13.8 Å². The first-order chi connectivity index (χ1) is 12.4. The van der Waals surface area contributed by atoms with Crippen molar-refractivity contribution in [1.29, 1.82) is 0 Å². The second-order valence-corrected chi connectivity index (χ2v) is 6.58. The Morgan fingerprint density at radius 1 is 1.08 bits per heavy atom. The van der Waals surface area contributed by atoms with E-state index in [2.05, 4.69) is 25.5 Å². The van der Waals surface area contributed by atoms with Gasteiger partial charge in [-0.1, -0.05) is 6.92 Å². The summed E-state index contributed by atoms with van der Waals surface area (Å²) < 4.78 is 5.84. The fraction of sp³-hybridized carbons (Fsp3) is 0.368.